The Morgan fingerprint density at radius 1 is 1.26 bits per heavy atom. The lowest BCUT2D eigenvalue weighted by Gasteiger charge is -2.06. The zero-order valence-electron chi connectivity index (χ0n) is 9.77. The molecule has 6 heteroatoms. The Hall–Kier alpha value is -2.94. The van der Waals surface area contributed by atoms with Crippen LogP contribution in [0.5, 0.6) is 11.5 Å². The van der Waals surface area contributed by atoms with Crippen molar-refractivity contribution >= 4 is 5.82 Å². The maximum atomic E-state index is 11.7. The minimum Gasteiger partial charge on any atom is -0.454 e. The second-order valence-electron chi connectivity index (χ2n) is 4.02. The summed E-state index contributed by atoms with van der Waals surface area (Å²) in [4.78, 5) is 14.1. The molecule has 0 amide bonds. The number of nitriles is 1. The highest BCUT2D eigenvalue weighted by Gasteiger charge is 2.16. The predicted molar refractivity (Wildman–Crippen MR) is 67.7 cm³/mol. The topological polar surface area (TPSA) is 101 Å². The first-order valence-electron chi connectivity index (χ1n) is 5.52. The second-order valence-corrected chi connectivity index (χ2v) is 4.02. The number of H-pyrrole nitrogens is 1. The molecule has 0 unspecified atom stereocenters. The van der Waals surface area contributed by atoms with E-state index < -0.39 is 5.56 Å². The highest BCUT2D eigenvalue weighted by atomic mass is 16.7. The number of hydrogen-bond acceptors (Lipinski definition) is 5. The molecule has 0 aliphatic carbocycles. The van der Waals surface area contributed by atoms with Gasteiger partial charge in [0.25, 0.3) is 5.56 Å². The number of nitrogen functional groups attached to an aromatic ring is 1. The van der Waals surface area contributed by atoms with Gasteiger partial charge in [0.1, 0.15) is 17.5 Å². The van der Waals surface area contributed by atoms with Crippen molar-refractivity contribution in [2.24, 2.45) is 0 Å². The summed E-state index contributed by atoms with van der Waals surface area (Å²) >= 11 is 0. The van der Waals surface area contributed by atoms with Crippen molar-refractivity contribution < 1.29 is 9.47 Å². The number of rotatable bonds is 1. The Kier molecular flexibility index (Phi) is 2.39. The molecule has 2 heterocycles. The minimum absolute atomic E-state index is 0.0214. The van der Waals surface area contributed by atoms with Gasteiger partial charge in [-0.25, -0.2) is 0 Å². The maximum absolute atomic E-state index is 11.7. The van der Waals surface area contributed by atoms with Gasteiger partial charge in [0, 0.05) is 5.56 Å². The van der Waals surface area contributed by atoms with E-state index >= 15 is 0 Å². The number of nitrogens with two attached hydrogens (primary N) is 1. The molecule has 19 heavy (non-hydrogen) atoms. The van der Waals surface area contributed by atoms with Crippen LogP contribution in [-0.4, -0.2) is 11.8 Å². The standard InChI is InChI=1S/C13H9N3O3/c14-5-9-8(4-12(15)16-13(9)17)7-1-2-10-11(3-7)19-6-18-10/h1-4H,6H2,(H3,15,16,17). The van der Waals surface area contributed by atoms with E-state index in [0.717, 1.165) is 0 Å². The number of benzene rings is 1. The summed E-state index contributed by atoms with van der Waals surface area (Å²) in [5.74, 6) is 1.43. The first kappa shape index (κ1) is 11.2. The van der Waals surface area contributed by atoms with Gasteiger partial charge >= 0.3 is 0 Å². The van der Waals surface area contributed by atoms with E-state index in [-0.39, 0.29) is 18.2 Å². The molecule has 94 valence electrons. The minimum atomic E-state index is -0.504. The van der Waals surface area contributed by atoms with Gasteiger partial charge < -0.3 is 20.2 Å². The first-order chi connectivity index (χ1) is 9.19. The number of nitrogens with zero attached hydrogens (tertiary/aromatic N) is 1. The summed E-state index contributed by atoms with van der Waals surface area (Å²) in [5, 5.41) is 9.08. The van der Waals surface area contributed by atoms with Crippen molar-refractivity contribution in [1.82, 2.24) is 4.98 Å². The molecule has 3 rings (SSSR count). The fourth-order valence-corrected chi connectivity index (χ4v) is 1.98. The van der Waals surface area contributed by atoms with E-state index in [2.05, 4.69) is 4.98 Å². The van der Waals surface area contributed by atoms with Gasteiger partial charge in [-0.1, -0.05) is 6.07 Å². The summed E-state index contributed by atoms with van der Waals surface area (Å²) in [6, 6.07) is 8.64. The molecule has 0 radical (unpaired) electrons. The summed E-state index contributed by atoms with van der Waals surface area (Å²) < 4.78 is 10.5. The molecule has 1 aromatic heterocycles. The van der Waals surface area contributed by atoms with E-state index in [9.17, 15) is 4.79 Å². The molecule has 0 fully saturated rings. The van der Waals surface area contributed by atoms with Gasteiger partial charge in [0.05, 0.1) is 0 Å². The summed E-state index contributed by atoms with van der Waals surface area (Å²) in [6.45, 7) is 0.168. The predicted octanol–water partition coefficient (Wildman–Crippen LogP) is 1.22. The smallest absolute Gasteiger partial charge is 0.268 e. The van der Waals surface area contributed by atoms with Gasteiger partial charge in [-0.3, -0.25) is 4.79 Å². The lowest BCUT2D eigenvalue weighted by molar-refractivity contribution is 0.174. The van der Waals surface area contributed by atoms with Crippen LogP contribution >= 0.6 is 0 Å². The zero-order valence-corrected chi connectivity index (χ0v) is 9.77. The van der Waals surface area contributed by atoms with E-state index in [1.54, 1.807) is 24.3 Å². The largest absolute Gasteiger partial charge is 0.454 e. The van der Waals surface area contributed by atoms with Crippen molar-refractivity contribution in [3.63, 3.8) is 0 Å². The van der Waals surface area contributed by atoms with Gasteiger partial charge in [-0.2, -0.15) is 5.26 Å². The van der Waals surface area contributed by atoms with Gasteiger partial charge in [0.15, 0.2) is 11.5 Å². The molecule has 0 atom stereocenters. The Bertz CT molecular complexity index is 759. The number of aromatic nitrogens is 1. The van der Waals surface area contributed by atoms with Gasteiger partial charge in [-0.15, -0.1) is 0 Å². The number of hydrogen-bond donors (Lipinski definition) is 2. The number of nitrogens with one attached hydrogen (secondary N) is 1. The summed E-state index contributed by atoms with van der Waals surface area (Å²) in [6.07, 6.45) is 0. The van der Waals surface area contributed by atoms with Gasteiger partial charge in [0.2, 0.25) is 6.79 Å². The second kappa shape index (κ2) is 4.07. The molecular formula is C13H9N3O3. The third-order valence-corrected chi connectivity index (χ3v) is 2.85. The fraction of sp³-hybridized carbons (Fsp3) is 0.0769. The average molecular weight is 255 g/mol. The first-order valence-corrected chi connectivity index (χ1v) is 5.52. The molecule has 0 saturated carbocycles. The highest BCUT2D eigenvalue weighted by Crippen LogP contribution is 2.36. The molecule has 0 spiro atoms. The summed E-state index contributed by atoms with van der Waals surface area (Å²) in [7, 11) is 0. The van der Waals surface area contributed by atoms with Crippen LogP contribution in [0.4, 0.5) is 5.82 Å². The molecule has 0 saturated heterocycles. The molecule has 1 aliphatic rings. The van der Waals surface area contributed by atoms with Crippen LogP contribution in [0.1, 0.15) is 5.56 Å². The van der Waals surface area contributed by atoms with Crippen molar-refractivity contribution in [3.8, 4) is 28.7 Å². The van der Waals surface area contributed by atoms with Crippen LogP contribution < -0.4 is 20.8 Å². The maximum Gasteiger partial charge on any atom is 0.268 e. The van der Waals surface area contributed by atoms with E-state index in [1.165, 1.54) is 0 Å². The Morgan fingerprint density at radius 3 is 2.84 bits per heavy atom. The monoisotopic (exact) mass is 255 g/mol. The lowest BCUT2D eigenvalue weighted by atomic mass is 10.0. The van der Waals surface area contributed by atoms with E-state index in [4.69, 9.17) is 20.5 Å². The quantitative estimate of drug-likeness (QED) is 0.797. The molecule has 6 nitrogen and oxygen atoms in total. The fourth-order valence-electron chi connectivity index (χ4n) is 1.98. The third-order valence-electron chi connectivity index (χ3n) is 2.85. The molecule has 2 aromatic rings. The Labute approximate surface area is 108 Å². The van der Waals surface area contributed by atoms with Crippen LogP contribution in [0.2, 0.25) is 0 Å². The SMILES string of the molecule is N#Cc1c(-c2ccc3c(c2)OCO3)cc(N)[nH]c1=O. The van der Waals surface area contributed by atoms with Crippen molar-refractivity contribution in [1.29, 1.82) is 5.26 Å². The number of anilines is 1. The van der Waals surface area contributed by atoms with Crippen LogP contribution in [0.15, 0.2) is 29.1 Å². The van der Waals surface area contributed by atoms with E-state index in [0.29, 0.717) is 22.6 Å². The number of fused-ring (bicyclic) bond motifs is 1. The van der Waals surface area contributed by atoms with E-state index in [1.807, 2.05) is 6.07 Å². The molecule has 3 N–H and O–H groups in total. The third kappa shape index (κ3) is 1.77. The molecule has 0 bridgehead atoms. The van der Waals surface area contributed by atoms with Crippen LogP contribution in [0, 0.1) is 11.3 Å². The Balaban J connectivity index is 2.23. The number of aromatic amines is 1. The van der Waals surface area contributed by atoms with Crippen molar-refractivity contribution in [3.05, 3.63) is 40.2 Å². The number of ether oxygens (including phenoxy) is 2. The van der Waals surface area contributed by atoms with Gasteiger partial charge in [-0.05, 0) is 23.8 Å². The molecule has 1 aromatic carbocycles. The molecule has 1 aliphatic heterocycles. The van der Waals surface area contributed by atoms with Crippen LogP contribution in [0.3, 0.4) is 0 Å². The Morgan fingerprint density at radius 2 is 2.05 bits per heavy atom. The van der Waals surface area contributed by atoms with Crippen LogP contribution in [-0.2, 0) is 0 Å². The zero-order chi connectivity index (χ0) is 13.4. The number of pyridine rings is 1. The summed E-state index contributed by atoms with van der Waals surface area (Å²) in [5.41, 5.74) is 6.28. The van der Waals surface area contributed by atoms with Crippen molar-refractivity contribution in [2.45, 2.75) is 0 Å². The normalized spacial score (nSPS) is 12.2. The molecular weight excluding hydrogens is 246 g/mol. The lowest BCUT2D eigenvalue weighted by Crippen LogP contribution is -2.13. The highest BCUT2D eigenvalue weighted by molar-refractivity contribution is 5.74. The van der Waals surface area contributed by atoms with Crippen LogP contribution in [0.25, 0.3) is 11.1 Å². The average Bonchev–Trinajstić information content (AvgIpc) is 2.85. The van der Waals surface area contributed by atoms with Crippen molar-refractivity contribution in [2.75, 3.05) is 12.5 Å².